The Kier molecular flexibility index (Phi) is 6.52. The summed E-state index contributed by atoms with van der Waals surface area (Å²) in [6.07, 6.45) is 1.73. The van der Waals surface area contributed by atoms with Gasteiger partial charge in [0.25, 0.3) is 5.91 Å². The van der Waals surface area contributed by atoms with E-state index in [1.165, 1.54) is 0 Å². The van der Waals surface area contributed by atoms with Gasteiger partial charge in [0.05, 0.1) is 13.2 Å². The van der Waals surface area contributed by atoms with Crippen LogP contribution in [0.3, 0.4) is 0 Å². The van der Waals surface area contributed by atoms with Gasteiger partial charge in [-0.2, -0.15) is 11.3 Å². The summed E-state index contributed by atoms with van der Waals surface area (Å²) in [5.74, 6) is -0.00512. The van der Waals surface area contributed by atoms with Gasteiger partial charge in [0.15, 0.2) is 5.60 Å². The average molecular weight is 401 g/mol. The van der Waals surface area contributed by atoms with E-state index in [1.807, 2.05) is 25.1 Å². The van der Waals surface area contributed by atoms with E-state index in [2.05, 4.69) is 22.9 Å². The minimum Gasteiger partial charge on any atom is -0.361 e. The number of carbonyl (C=O) groups excluding carboxylic acids is 2. The first-order valence-electron chi connectivity index (χ1n) is 9.71. The predicted octanol–water partition coefficient (Wildman–Crippen LogP) is 3.44. The van der Waals surface area contributed by atoms with Crippen molar-refractivity contribution in [3.8, 4) is 11.1 Å². The number of ether oxygens (including phenoxy) is 1. The second-order valence-corrected chi connectivity index (χ2v) is 8.23. The number of likely N-dealkylation sites (N-methyl/N-ethyl adjacent to an activating group) is 1. The highest BCUT2D eigenvalue weighted by Gasteiger charge is 2.46. The third-order valence-corrected chi connectivity index (χ3v) is 5.81. The van der Waals surface area contributed by atoms with E-state index < -0.39 is 5.60 Å². The largest absolute Gasteiger partial charge is 0.361 e. The van der Waals surface area contributed by atoms with Crippen LogP contribution < -0.4 is 0 Å². The zero-order valence-corrected chi connectivity index (χ0v) is 17.6. The number of benzene rings is 1. The fourth-order valence-electron chi connectivity index (χ4n) is 3.77. The maximum absolute atomic E-state index is 13.2. The van der Waals surface area contributed by atoms with Crippen molar-refractivity contribution in [3.63, 3.8) is 0 Å². The molecule has 0 saturated carbocycles. The molecule has 150 valence electrons. The summed E-state index contributed by atoms with van der Waals surface area (Å²) in [5.41, 5.74) is 2.25. The van der Waals surface area contributed by atoms with Gasteiger partial charge < -0.3 is 14.5 Å². The zero-order chi connectivity index (χ0) is 20.1. The van der Waals surface area contributed by atoms with Gasteiger partial charge in [-0.25, -0.2) is 0 Å². The topological polar surface area (TPSA) is 49.9 Å². The van der Waals surface area contributed by atoms with E-state index in [0.29, 0.717) is 32.5 Å². The molecule has 1 aliphatic rings. The third kappa shape index (κ3) is 4.28. The van der Waals surface area contributed by atoms with Gasteiger partial charge in [0, 0.05) is 33.5 Å². The Morgan fingerprint density at radius 1 is 1.25 bits per heavy atom. The summed E-state index contributed by atoms with van der Waals surface area (Å²) >= 11 is 1.65. The van der Waals surface area contributed by atoms with Crippen molar-refractivity contribution in [1.82, 2.24) is 9.80 Å². The Morgan fingerprint density at radius 3 is 2.71 bits per heavy atom. The lowest BCUT2D eigenvalue weighted by molar-refractivity contribution is -0.172. The summed E-state index contributed by atoms with van der Waals surface area (Å²) in [4.78, 5) is 29.1. The molecule has 0 radical (unpaired) electrons. The van der Waals surface area contributed by atoms with Crippen molar-refractivity contribution in [1.29, 1.82) is 0 Å². The number of amides is 2. The van der Waals surface area contributed by atoms with Crippen molar-refractivity contribution in [2.75, 3.05) is 33.8 Å². The molecule has 1 aromatic carbocycles. The first-order valence-corrected chi connectivity index (χ1v) is 10.6. The normalized spacial score (nSPS) is 19.5. The highest BCUT2D eigenvalue weighted by molar-refractivity contribution is 7.08. The van der Waals surface area contributed by atoms with Crippen LogP contribution in [0.2, 0.25) is 0 Å². The summed E-state index contributed by atoms with van der Waals surface area (Å²) in [5, 5.41) is 4.16. The molecule has 28 heavy (non-hydrogen) atoms. The Bertz CT molecular complexity index is 819. The smallest absolute Gasteiger partial charge is 0.256 e. The fraction of sp³-hybridized carbons (Fsp3) is 0.455. The van der Waals surface area contributed by atoms with Gasteiger partial charge in [-0.1, -0.05) is 31.2 Å². The Morgan fingerprint density at radius 2 is 2.04 bits per heavy atom. The monoisotopic (exact) mass is 400 g/mol. The number of rotatable bonds is 6. The lowest BCUT2D eigenvalue weighted by atomic mass is 9.87. The molecular formula is C22H28N2O3S. The van der Waals surface area contributed by atoms with Crippen LogP contribution in [0, 0.1) is 0 Å². The SMILES string of the molecule is CCCC(=O)N1CCO[C@](Cc2ccccc2-c2ccsc2)(C(=O)N(C)C)C1. The Balaban J connectivity index is 1.96. The third-order valence-electron chi connectivity index (χ3n) is 5.12. The summed E-state index contributed by atoms with van der Waals surface area (Å²) in [6.45, 7) is 3.19. The molecule has 1 atom stereocenters. The molecule has 1 aliphatic heterocycles. The maximum atomic E-state index is 13.2. The molecule has 2 amide bonds. The second-order valence-electron chi connectivity index (χ2n) is 7.45. The van der Waals surface area contributed by atoms with Crippen molar-refractivity contribution in [2.45, 2.75) is 31.8 Å². The first kappa shape index (κ1) is 20.6. The molecule has 0 bridgehead atoms. The Labute approximate surface area is 170 Å². The molecule has 0 N–H and O–H groups in total. The predicted molar refractivity (Wildman–Crippen MR) is 112 cm³/mol. The molecule has 1 aromatic heterocycles. The zero-order valence-electron chi connectivity index (χ0n) is 16.8. The Hall–Kier alpha value is -2.18. The van der Waals surface area contributed by atoms with E-state index in [1.54, 1.807) is 35.2 Å². The van der Waals surface area contributed by atoms with Crippen LogP contribution in [0.15, 0.2) is 41.1 Å². The molecule has 6 heteroatoms. The molecule has 5 nitrogen and oxygen atoms in total. The average Bonchev–Trinajstić information content (AvgIpc) is 3.22. The van der Waals surface area contributed by atoms with Gasteiger partial charge >= 0.3 is 0 Å². The van der Waals surface area contributed by atoms with Crippen LogP contribution in [-0.2, 0) is 20.7 Å². The van der Waals surface area contributed by atoms with Crippen molar-refractivity contribution in [2.24, 2.45) is 0 Å². The number of nitrogens with zero attached hydrogens (tertiary/aromatic N) is 2. The van der Waals surface area contributed by atoms with E-state index in [-0.39, 0.29) is 11.8 Å². The number of carbonyl (C=O) groups is 2. The quantitative estimate of drug-likeness (QED) is 0.746. The number of thiophene rings is 1. The summed E-state index contributed by atoms with van der Waals surface area (Å²) in [6, 6.07) is 10.2. The molecule has 0 aliphatic carbocycles. The van der Waals surface area contributed by atoms with E-state index >= 15 is 0 Å². The molecule has 2 heterocycles. The molecule has 2 aromatic rings. The highest BCUT2D eigenvalue weighted by Crippen LogP contribution is 2.32. The number of hydrogen-bond acceptors (Lipinski definition) is 4. The van der Waals surface area contributed by atoms with Crippen LogP contribution in [0.25, 0.3) is 11.1 Å². The maximum Gasteiger partial charge on any atom is 0.256 e. The summed E-state index contributed by atoms with van der Waals surface area (Å²) < 4.78 is 6.14. The minimum atomic E-state index is -1.06. The van der Waals surface area contributed by atoms with E-state index in [4.69, 9.17) is 4.74 Å². The molecule has 1 saturated heterocycles. The molecular weight excluding hydrogens is 372 g/mol. The van der Waals surface area contributed by atoms with E-state index in [9.17, 15) is 9.59 Å². The highest BCUT2D eigenvalue weighted by atomic mass is 32.1. The van der Waals surface area contributed by atoms with Crippen molar-refractivity contribution in [3.05, 3.63) is 46.7 Å². The second kappa shape index (κ2) is 8.88. The minimum absolute atomic E-state index is 0.0906. The van der Waals surface area contributed by atoms with Crippen LogP contribution >= 0.6 is 11.3 Å². The lowest BCUT2D eigenvalue weighted by Crippen LogP contribution is -2.61. The van der Waals surface area contributed by atoms with Crippen LogP contribution in [0.5, 0.6) is 0 Å². The van der Waals surface area contributed by atoms with Crippen LogP contribution in [-0.4, -0.2) is 61.0 Å². The van der Waals surface area contributed by atoms with Crippen molar-refractivity contribution < 1.29 is 14.3 Å². The molecule has 0 spiro atoms. The number of hydrogen-bond donors (Lipinski definition) is 0. The van der Waals surface area contributed by atoms with Gasteiger partial charge in [-0.05, 0) is 39.9 Å². The fourth-order valence-corrected chi connectivity index (χ4v) is 4.43. The van der Waals surface area contributed by atoms with Crippen LogP contribution in [0.4, 0.5) is 0 Å². The lowest BCUT2D eigenvalue weighted by Gasteiger charge is -2.43. The van der Waals surface area contributed by atoms with Crippen molar-refractivity contribution >= 4 is 23.2 Å². The van der Waals surface area contributed by atoms with Gasteiger partial charge in [0.1, 0.15) is 0 Å². The molecule has 0 unspecified atom stereocenters. The first-order chi connectivity index (χ1) is 13.5. The summed E-state index contributed by atoms with van der Waals surface area (Å²) in [7, 11) is 3.48. The van der Waals surface area contributed by atoms with E-state index in [0.717, 1.165) is 23.1 Å². The van der Waals surface area contributed by atoms with Gasteiger partial charge in [-0.3, -0.25) is 9.59 Å². The molecule has 3 rings (SSSR count). The standard InChI is InChI=1S/C22H28N2O3S/c1-4-7-20(25)24-11-12-27-22(16-24,21(26)23(2)3)14-17-8-5-6-9-19(17)18-10-13-28-15-18/h5-6,8-10,13,15H,4,7,11-12,14,16H2,1-3H3/t22-/m0/s1. The van der Waals surface area contributed by atoms with Crippen LogP contribution in [0.1, 0.15) is 25.3 Å². The number of morpholine rings is 1. The van der Waals surface area contributed by atoms with Gasteiger partial charge in [-0.15, -0.1) is 0 Å². The molecule has 1 fully saturated rings. The van der Waals surface area contributed by atoms with Gasteiger partial charge in [0.2, 0.25) is 5.91 Å².